The van der Waals surface area contributed by atoms with E-state index >= 15 is 0 Å². The molecule has 94 valence electrons. The second kappa shape index (κ2) is 5.27. The van der Waals surface area contributed by atoms with E-state index in [1.807, 2.05) is 30.9 Å². The third-order valence-electron chi connectivity index (χ3n) is 3.31. The molecule has 1 aromatic heterocycles. The molecular weight excluding hydrogens is 232 g/mol. The van der Waals surface area contributed by atoms with Crippen LogP contribution in [0.1, 0.15) is 38.3 Å². The number of rotatable bonds is 4. The van der Waals surface area contributed by atoms with Gasteiger partial charge >= 0.3 is 0 Å². The molecule has 17 heavy (non-hydrogen) atoms. The Balaban J connectivity index is 2.18. The highest BCUT2D eigenvalue weighted by Gasteiger charge is 2.36. The Morgan fingerprint density at radius 1 is 1.59 bits per heavy atom. The number of thioether (sulfide) groups is 1. The minimum Gasteiger partial charge on any atom is -0.492 e. The molecule has 3 nitrogen and oxygen atoms in total. The fourth-order valence-corrected chi connectivity index (χ4v) is 3.61. The largest absolute Gasteiger partial charge is 0.492 e. The number of aromatic nitrogens is 1. The maximum absolute atomic E-state index is 6.38. The first kappa shape index (κ1) is 12.7. The van der Waals surface area contributed by atoms with Gasteiger partial charge in [0.25, 0.3) is 0 Å². The summed E-state index contributed by atoms with van der Waals surface area (Å²) in [5, 5.41) is 0. The average Bonchev–Trinajstić information content (AvgIpc) is 2.77. The van der Waals surface area contributed by atoms with Crippen molar-refractivity contribution in [1.29, 1.82) is 0 Å². The fourth-order valence-electron chi connectivity index (χ4n) is 2.25. The average molecular weight is 252 g/mol. The molecule has 0 saturated carbocycles. The van der Waals surface area contributed by atoms with E-state index in [-0.39, 0.29) is 10.8 Å². The minimum absolute atomic E-state index is 0.0305. The quantitative estimate of drug-likeness (QED) is 0.895. The van der Waals surface area contributed by atoms with E-state index in [9.17, 15) is 0 Å². The van der Waals surface area contributed by atoms with Crippen LogP contribution < -0.4 is 10.5 Å². The lowest BCUT2D eigenvalue weighted by Crippen LogP contribution is -2.33. The zero-order valence-electron chi connectivity index (χ0n) is 10.5. The zero-order valence-corrected chi connectivity index (χ0v) is 11.3. The van der Waals surface area contributed by atoms with Crippen molar-refractivity contribution in [1.82, 2.24) is 4.98 Å². The molecule has 1 aliphatic heterocycles. The van der Waals surface area contributed by atoms with Gasteiger partial charge < -0.3 is 10.5 Å². The molecule has 2 N–H and O–H groups in total. The Morgan fingerprint density at radius 3 is 3.06 bits per heavy atom. The number of pyridine rings is 1. The van der Waals surface area contributed by atoms with Crippen LogP contribution in [-0.4, -0.2) is 22.1 Å². The molecule has 2 unspecified atom stereocenters. The van der Waals surface area contributed by atoms with Crippen molar-refractivity contribution in [2.24, 2.45) is 5.73 Å². The first-order valence-corrected chi connectivity index (χ1v) is 7.11. The summed E-state index contributed by atoms with van der Waals surface area (Å²) in [6, 6.07) is 2.05. The van der Waals surface area contributed by atoms with Gasteiger partial charge in [0, 0.05) is 17.0 Å². The van der Waals surface area contributed by atoms with Gasteiger partial charge in [-0.1, -0.05) is 0 Å². The van der Waals surface area contributed by atoms with E-state index in [0.717, 1.165) is 11.3 Å². The van der Waals surface area contributed by atoms with Crippen LogP contribution in [0.5, 0.6) is 5.75 Å². The Kier molecular flexibility index (Phi) is 3.94. The lowest BCUT2D eigenvalue weighted by atomic mass is 9.92. The van der Waals surface area contributed by atoms with Crippen LogP contribution in [-0.2, 0) is 0 Å². The molecule has 2 heterocycles. The van der Waals surface area contributed by atoms with Crippen LogP contribution >= 0.6 is 11.8 Å². The third-order valence-corrected chi connectivity index (χ3v) is 4.92. The molecule has 2 atom stereocenters. The summed E-state index contributed by atoms with van der Waals surface area (Å²) in [5.74, 6) is 2.02. The summed E-state index contributed by atoms with van der Waals surface area (Å²) in [7, 11) is 0. The molecule has 1 fully saturated rings. The van der Waals surface area contributed by atoms with Crippen molar-refractivity contribution < 1.29 is 4.74 Å². The van der Waals surface area contributed by atoms with Gasteiger partial charge in [0.05, 0.1) is 12.8 Å². The summed E-state index contributed by atoms with van der Waals surface area (Å²) >= 11 is 1.97. The van der Waals surface area contributed by atoms with Crippen LogP contribution in [0.4, 0.5) is 0 Å². The molecule has 1 aliphatic rings. The number of ether oxygens (including phenoxy) is 1. The molecule has 0 amide bonds. The van der Waals surface area contributed by atoms with E-state index < -0.39 is 0 Å². The monoisotopic (exact) mass is 252 g/mol. The molecule has 0 bridgehead atoms. The van der Waals surface area contributed by atoms with Gasteiger partial charge in [0.2, 0.25) is 0 Å². The first-order valence-electron chi connectivity index (χ1n) is 6.13. The second-order valence-corrected chi connectivity index (χ2v) is 6.26. The lowest BCUT2D eigenvalue weighted by Gasteiger charge is -2.30. The molecule has 1 saturated heterocycles. The summed E-state index contributed by atoms with van der Waals surface area (Å²) in [5.41, 5.74) is 7.46. The van der Waals surface area contributed by atoms with Gasteiger partial charge in [-0.15, -0.1) is 0 Å². The predicted octanol–water partition coefficient (Wildman–Crippen LogP) is 2.77. The third kappa shape index (κ3) is 2.75. The smallest absolute Gasteiger partial charge is 0.137 e. The fraction of sp³-hybridized carbons (Fsp3) is 0.615. The number of nitrogens with two attached hydrogens (primary N) is 1. The molecule has 0 spiro atoms. The summed E-state index contributed by atoms with van der Waals surface area (Å²) in [4.78, 5) is 4.21. The van der Waals surface area contributed by atoms with E-state index in [4.69, 9.17) is 10.5 Å². The van der Waals surface area contributed by atoms with Gasteiger partial charge in [0.15, 0.2) is 0 Å². The molecule has 0 aliphatic carbocycles. The Labute approximate surface area is 107 Å². The standard InChI is InChI=1S/C13H20N2OS/c1-3-16-11-7-10(8-15-9-11)12(14)13(2)5-4-6-17-13/h7-9,12H,3-6,14H2,1-2H3. The van der Waals surface area contributed by atoms with Crippen LogP contribution in [0.3, 0.4) is 0 Å². The van der Waals surface area contributed by atoms with Gasteiger partial charge in [0.1, 0.15) is 5.75 Å². The van der Waals surface area contributed by atoms with Gasteiger partial charge in [-0.05, 0) is 44.1 Å². The van der Waals surface area contributed by atoms with E-state index in [1.54, 1.807) is 6.20 Å². The second-order valence-electron chi connectivity index (χ2n) is 4.63. The molecule has 4 heteroatoms. The normalized spacial score (nSPS) is 25.8. The van der Waals surface area contributed by atoms with E-state index in [2.05, 4.69) is 11.9 Å². The molecular formula is C13H20N2OS. The summed E-state index contributed by atoms with van der Waals surface area (Å²) in [6.07, 6.45) is 6.03. The summed E-state index contributed by atoms with van der Waals surface area (Å²) in [6.45, 7) is 4.88. The van der Waals surface area contributed by atoms with Gasteiger partial charge in [-0.3, -0.25) is 4.98 Å². The Bertz CT molecular complexity index is 377. The van der Waals surface area contributed by atoms with E-state index in [1.165, 1.54) is 18.6 Å². The minimum atomic E-state index is 0.0305. The van der Waals surface area contributed by atoms with Crippen LogP contribution in [0.15, 0.2) is 18.5 Å². The van der Waals surface area contributed by atoms with Crippen molar-refractivity contribution in [2.75, 3.05) is 12.4 Å². The van der Waals surface area contributed by atoms with Gasteiger partial charge in [-0.25, -0.2) is 0 Å². The van der Waals surface area contributed by atoms with Crippen molar-refractivity contribution in [3.05, 3.63) is 24.0 Å². The van der Waals surface area contributed by atoms with Crippen molar-refractivity contribution >= 4 is 11.8 Å². The Morgan fingerprint density at radius 2 is 2.41 bits per heavy atom. The molecule has 1 aromatic rings. The lowest BCUT2D eigenvalue weighted by molar-refractivity contribution is 0.337. The first-order chi connectivity index (χ1) is 8.15. The number of nitrogens with zero attached hydrogens (tertiary/aromatic N) is 1. The van der Waals surface area contributed by atoms with Crippen molar-refractivity contribution in [3.8, 4) is 5.75 Å². The van der Waals surface area contributed by atoms with E-state index in [0.29, 0.717) is 6.61 Å². The maximum atomic E-state index is 6.38. The maximum Gasteiger partial charge on any atom is 0.137 e. The highest BCUT2D eigenvalue weighted by molar-refractivity contribution is 8.00. The van der Waals surface area contributed by atoms with Crippen LogP contribution in [0.2, 0.25) is 0 Å². The van der Waals surface area contributed by atoms with Crippen molar-refractivity contribution in [3.63, 3.8) is 0 Å². The van der Waals surface area contributed by atoms with Gasteiger partial charge in [-0.2, -0.15) is 11.8 Å². The number of hydrogen-bond acceptors (Lipinski definition) is 4. The summed E-state index contributed by atoms with van der Waals surface area (Å²) < 4.78 is 5.61. The van der Waals surface area contributed by atoms with Crippen LogP contribution in [0, 0.1) is 0 Å². The van der Waals surface area contributed by atoms with Crippen LogP contribution in [0.25, 0.3) is 0 Å². The highest BCUT2D eigenvalue weighted by atomic mass is 32.2. The zero-order chi connectivity index (χ0) is 12.3. The molecule has 0 radical (unpaired) electrons. The number of hydrogen-bond donors (Lipinski definition) is 1. The Hall–Kier alpha value is -0.740. The topological polar surface area (TPSA) is 48.1 Å². The van der Waals surface area contributed by atoms with Crippen molar-refractivity contribution in [2.45, 2.75) is 37.5 Å². The highest BCUT2D eigenvalue weighted by Crippen LogP contribution is 2.45. The molecule has 2 rings (SSSR count). The predicted molar refractivity (Wildman–Crippen MR) is 72.4 cm³/mol. The molecule has 0 aromatic carbocycles. The SMILES string of the molecule is CCOc1cncc(C(N)C2(C)CCCS2)c1.